The number of aliphatic hydroxyl groups is 1. The van der Waals surface area contributed by atoms with Gasteiger partial charge in [0.15, 0.2) is 5.82 Å². The lowest BCUT2D eigenvalue weighted by Gasteiger charge is -2.28. The number of ether oxygens (including phenoxy) is 1. The van der Waals surface area contributed by atoms with Gasteiger partial charge in [-0.2, -0.15) is 5.26 Å². The van der Waals surface area contributed by atoms with Crippen LogP contribution in [0.1, 0.15) is 18.2 Å². The smallest absolute Gasteiger partial charge is 0.274 e. The molecule has 0 saturated carbocycles. The number of nitriles is 1. The Bertz CT molecular complexity index is 1650. The maximum absolute atomic E-state index is 11.6. The van der Waals surface area contributed by atoms with Crippen molar-refractivity contribution < 1.29 is 42.5 Å². The van der Waals surface area contributed by atoms with E-state index in [4.69, 9.17) is 15.4 Å². The molecule has 3 unspecified atom stereocenters. The molecule has 16 heteroatoms. The van der Waals surface area contributed by atoms with Gasteiger partial charge in [0.05, 0.1) is 41.7 Å². The van der Waals surface area contributed by atoms with Crippen LogP contribution in [-0.4, -0.2) is 43.3 Å². The zero-order valence-electron chi connectivity index (χ0n) is 18.1. The Morgan fingerprint density at radius 3 is 2.78 bits per heavy atom. The number of aliphatic hydroxyl groups excluding tert-OH is 1. The highest BCUT2D eigenvalue weighted by molar-refractivity contribution is 7.59. The summed E-state index contributed by atoms with van der Waals surface area (Å²) in [6, 6.07) is 11.0. The average Bonchev–Trinajstić information content (AvgIpc) is 3.39. The van der Waals surface area contributed by atoms with Gasteiger partial charge in [-0.05, 0) is 35.0 Å². The summed E-state index contributed by atoms with van der Waals surface area (Å²) in [6.45, 7) is -0.767. The standard InChI is InChI=1S/C20H19N5O9P2/c21-7-10-1-2-11-5-14-13(4-12(11)3-10)19-18(20(22)24-14)23-9-25(19)17-6-15(26)16(33-17)8-32-36(30,31)34-35(27,28)29/h1-5,9,15-17,26H,6,8H2,(H2,22,24)(H,30,31)(H2,27,28,29)/p-2/t15?,16-,17-/m1/s1. The normalized spacial score (nSPS) is 23.6. The first-order valence-electron chi connectivity index (χ1n) is 10.4. The molecule has 4 aromatic rings. The van der Waals surface area contributed by atoms with E-state index >= 15 is 0 Å². The summed E-state index contributed by atoms with van der Waals surface area (Å²) in [5.74, 6) is 0.165. The molecule has 5 rings (SSSR count). The fourth-order valence-electron chi connectivity index (χ4n) is 4.20. The zero-order valence-corrected chi connectivity index (χ0v) is 19.9. The number of anilines is 1. The monoisotopic (exact) mass is 533 g/mol. The van der Waals surface area contributed by atoms with E-state index in [0.717, 1.165) is 10.8 Å². The number of nitrogens with zero attached hydrogens (tertiary/aromatic N) is 4. The lowest BCUT2D eigenvalue weighted by Crippen LogP contribution is -2.27. The molecule has 0 radical (unpaired) electrons. The van der Waals surface area contributed by atoms with Crippen molar-refractivity contribution in [1.29, 1.82) is 5.26 Å². The van der Waals surface area contributed by atoms with E-state index in [1.807, 2.05) is 12.1 Å². The van der Waals surface area contributed by atoms with Gasteiger partial charge < -0.3 is 39.3 Å². The Labute approximate surface area is 202 Å². The Balaban J connectivity index is 1.50. The molecule has 0 aliphatic carbocycles. The quantitative estimate of drug-likeness (QED) is 0.230. The molecule has 14 nitrogen and oxygen atoms in total. The number of rotatable bonds is 6. The molecule has 2 aromatic heterocycles. The number of nitrogen functional groups attached to an aromatic ring is 1. The minimum Gasteiger partial charge on any atom is -0.756 e. The number of nitrogens with two attached hydrogens (primary N) is 1. The first-order valence-corrected chi connectivity index (χ1v) is 13.3. The van der Waals surface area contributed by atoms with Gasteiger partial charge in [-0.25, -0.2) is 14.3 Å². The summed E-state index contributed by atoms with van der Waals surface area (Å²) in [4.78, 5) is 39.6. The predicted molar refractivity (Wildman–Crippen MR) is 121 cm³/mol. The molecule has 1 aliphatic heterocycles. The number of imidazole rings is 1. The molecule has 5 atom stereocenters. The second kappa shape index (κ2) is 8.86. The van der Waals surface area contributed by atoms with Crippen LogP contribution in [0.4, 0.5) is 5.82 Å². The Kier molecular flexibility index (Phi) is 6.09. The van der Waals surface area contributed by atoms with E-state index < -0.39 is 40.7 Å². The number of phosphoric acid groups is 2. The molecule has 1 saturated heterocycles. The highest BCUT2D eigenvalue weighted by atomic mass is 31.3. The zero-order chi connectivity index (χ0) is 25.8. The van der Waals surface area contributed by atoms with Gasteiger partial charge in [-0.15, -0.1) is 0 Å². The molecule has 188 valence electrons. The molecular weight excluding hydrogens is 516 g/mol. The van der Waals surface area contributed by atoms with Gasteiger partial charge in [-0.3, -0.25) is 9.13 Å². The maximum Gasteiger partial charge on any atom is 0.274 e. The van der Waals surface area contributed by atoms with E-state index in [9.17, 15) is 29.3 Å². The third-order valence-electron chi connectivity index (χ3n) is 5.73. The van der Waals surface area contributed by atoms with E-state index in [1.165, 1.54) is 6.33 Å². The molecule has 1 aliphatic rings. The number of fused-ring (bicyclic) bond motifs is 4. The van der Waals surface area contributed by atoms with Crippen LogP contribution in [0.3, 0.4) is 0 Å². The fraction of sp³-hybridized carbons (Fsp3) is 0.250. The van der Waals surface area contributed by atoms with Crippen molar-refractivity contribution in [2.75, 3.05) is 12.3 Å². The molecular formula is C20H17N5O9P2-2. The number of benzene rings is 2. The summed E-state index contributed by atoms with van der Waals surface area (Å²) < 4.78 is 37.6. The van der Waals surface area contributed by atoms with E-state index in [1.54, 1.807) is 22.8 Å². The van der Waals surface area contributed by atoms with Crippen LogP contribution in [0.5, 0.6) is 0 Å². The molecule has 4 N–H and O–H groups in total. The first kappa shape index (κ1) is 24.7. The van der Waals surface area contributed by atoms with Crippen LogP contribution in [0, 0.1) is 11.3 Å². The van der Waals surface area contributed by atoms with Gasteiger partial charge in [0, 0.05) is 11.8 Å². The summed E-state index contributed by atoms with van der Waals surface area (Å²) >= 11 is 0. The lowest BCUT2D eigenvalue weighted by atomic mass is 10.0. The SMILES string of the molecule is N#Cc1ccc2cc3nc(N)c4ncn([C@H]5CC(O)[C@@H](COP(=O)([O-])OP(=O)([O-])O)O5)c4c3cc2c1. The molecule has 0 bridgehead atoms. The predicted octanol–water partition coefficient (Wildman–Crippen LogP) is 0.802. The summed E-state index contributed by atoms with van der Waals surface area (Å²) in [5.41, 5.74) is 8.10. The van der Waals surface area contributed by atoms with Crippen LogP contribution >= 0.6 is 15.6 Å². The second-order valence-corrected chi connectivity index (χ2v) is 10.9. The van der Waals surface area contributed by atoms with Crippen LogP contribution in [-0.2, 0) is 22.7 Å². The first-order chi connectivity index (χ1) is 16.9. The Hall–Kier alpha value is -2.95. The van der Waals surface area contributed by atoms with Crippen molar-refractivity contribution in [2.24, 2.45) is 0 Å². The molecule has 0 spiro atoms. The second-order valence-electron chi connectivity index (χ2n) is 8.11. The topological polar surface area (TPSA) is 229 Å². The van der Waals surface area contributed by atoms with Gasteiger partial charge in [0.2, 0.25) is 0 Å². The van der Waals surface area contributed by atoms with Crippen molar-refractivity contribution in [3.05, 3.63) is 42.2 Å². The Morgan fingerprint density at radius 2 is 2.06 bits per heavy atom. The van der Waals surface area contributed by atoms with Crippen molar-refractivity contribution in [1.82, 2.24) is 14.5 Å². The Morgan fingerprint density at radius 1 is 1.28 bits per heavy atom. The van der Waals surface area contributed by atoms with Crippen LogP contribution in [0.25, 0.3) is 32.7 Å². The minimum atomic E-state index is -5.60. The van der Waals surface area contributed by atoms with Crippen LogP contribution in [0.2, 0.25) is 0 Å². The third-order valence-corrected chi connectivity index (χ3v) is 7.82. The van der Waals surface area contributed by atoms with Crippen LogP contribution < -0.4 is 15.5 Å². The number of aromatic nitrogens is 3. The number of hydrogen-bond donors (Lipinski definition) is 3. The van der Waals surface area contributed by atoms with Gasteiger partial charge in [0.25, 0.3) is 15.6 Å². The summed E-state index contributed by atoms with van der Waals surface area (Å²) in [6.07, 6.45) is -1.73. The van der Waals surface area contributed by atoms with Crippen molar-refractivity contribution in [3.63, 3.8) is 0 Å². The lowest BCUT2D eigenvalue weighted by molar-refractivity contribution is -0.242. The van der Waals surface area contributed by atoms with E-state index in [0.29, 0.717) is 27.5 Å². The molecule has 36 heavy (non-hydrogen) atoms. The summed E-state index contributed by atoms with van der Waals surface area (Å²) in [5, 5.41) is 21.9. The number of pyridine rings is 1. The third kappa shape index (κ3) is 4.72. The van der Waals surface area contributed by atoms with Crippen molar-refractivity contribution >= 4 is 54.2 Å². The van der Waals surface area contributed by atoms with E-state index in [-0.39, 0.29) is 12.2 Å². The minimum absolute atomic E-state index is 0.0133. The van der Waals surface area contributed by atoms with Crippen LogP contribution in [0.15, 0.2) is 36.7 Å². The summed E-state index contributed by atoms with van der Waals surface area (Å²) in [7, 11) is -11.0. The highest BCUT2D eigenvalue weighted by Crippen LogP contribution is 2.52. The van der Waals surface area contributed by atoms with Gasteiger partial charge >= 0.3 is 0 Å². The number of phosphoric ester groups is 1. The van der Waals surface area contributed by atoms with Crippen molar-refractivity contribution in [2.45, 2.75) is 24.9 Å². The largest absolute Gasteiger partial charge is 0.756 e. The fourth-order valence-corrected chi connectivity index (χ4v) is 5.73. The van der Waals surface area contributed by atoms with Gasteiger partial charge in [0.1, 0.15) is 17.8 Å². The van der Waals surface area contributed by atoms with E-state index in [2.05, 4.69) is 24.9 Å². The van der Waals surface area contributed by atoms with Crippen molar-refractivity contribution in [3.8, 4) is 6.07 Å². The number of hydrogen-bond acceptors (Lipinski definition) is 12. The highest BCUT2D eigenvalue weighted by Gasteiger charge is 2.37. The average molecular weight is 533 g/mol. The van der Waals surface area contributed by atoms with Gasteiger partial charge in [-0.1, -0.05) is 6.07 Å². The molecule has 3 heterocycles. The molecule has 0 amide bonds. The maximum atomic E-state index is 11.6. The molecule has 2 aromatic carbocycles. The molecule has 1 fully saturated rings.